The number of carboxylic acid groups (broad SMARTS) is 1. The Kier molecular flexibility index (Phi) is 2.69. The summed E-state index contributed by atoms with van der Waals surface area (Å²) in [6, 6.07) is 6.05. The van der Waals surface area contributed by atoms with E-state index in [1.807, 2.05) is 17.1 Å². The van der Waals surface area contributed by atoms with E-state index in [1.165, 1.54) is 20.1 Å². The number of hydrogen-bond acceptors (Lipinski definition) is 4. The Morgan fingerprint density at radius 1 is 1.44 bits per heavy atom. The van der Waals surface area contributed by atoms with Crippen LogP contribution in [0.1, 0.15) is 16.1 Å². The Bertz CT molecular complexity index is 625. The van der Waals surface area contributed by atoms with Gasteiger partial charge in [-0.3, -0.25) is 5.01 Å². The monoisotopic (exact) mass is 356 g/mol. The van der Waals surface area contributed by atoms with Crippen LogP contribution in [0.15, 0.2) is 24.4 Å². The van der Waals surface area contributed by atoms with Crippen molar-refractivity contribution in [1.29, 1.82) is 0 Å². The maximum atomic E-state index is 10.8. The summed E-state index contributed by atoms with van der Waals surface area (Å²) in [6.07, 6.45) is 2.36. The highest BCUT2D eigenvalue weighted by Crippen LogP contribution is 2.31. The highest BCUT2D eigenvalue weighted by atomic mass is 127. The van der Waals surface area contributed by atoms with Crippen molar-refractivity contribution >= 4 is 34.2 Å². The van der Waals surface area contributed by atoms with Crippen LogP contribution in [0.2, 0.25) is 0 Å². The summed E-state index contributed by atoms with van der Waals surface area (Å²) in [5.74, 6) is -1.07. The van der Waals surface area contributed by atoms with Gasteiger partial charge in [0.05, 0.1) is 11.9 Å². The molecular weight excluding hydrogens is 347 g/mol. The first-order chi connectivity index (χ1) is 8.66. The average Bonchev–Trinajstić information content (AvgIpc) is 2.94. The van der Waals surface area contributed by atoms with Crippen LogP contribution < -0.4 is 5.01 Å². The number of benzene rings is 1. The molecule has 0 amide bonds. The third-order valence-electron chi connectivity index (χ3n) is 2.89. The lowest BCUT2D eigenvalue weighted by molar-refractivity contribution is 0.0690. The maximum Gasteiger partial charge on any atom is 0.358 e. The van der Waals surface area contributed by atoms with E-state index >= 15 is 0 Å². The highest BCUT2D eigenvalue weighted by Gasteiger charge is 2.23. The summed E-state index contributed by atoms with van der Waals surface area (Å²) in [4.78, 5) is 12.3. The summed E-state index contributed by atoms with van der Waals surface area (Å²) in [6.45, 7) is 0.776. The third-order valence-corrected chi connectivity index (χ3v) is 3.90. The van der Waals surface area contributed by atoms with Crippen molar-refractivity contribution in [2.45, 2.75) is 6.42 Å². The molecule has 0 spiro atoms. The molecule has 2 aromatic rings. The largest absolute Gasteiger partial charge is 0.476 e. The molecule has 3 rings (SSSR count). The molecule has 0 unspecified atom stereocenters. The molecule has 92 valence electrons. The Morgan fingerprint density at radius 3 is 3.00 bits per heavy atom. The summed E-state index contributed by atoms with van der Waals surface area (Å²) in [5.41, 5.74) is 2.28. The first kappa shape index (κ1) is 11.5. The molecule has 0 saturated carbocycles. The smallest absolute Gasteiger partial charge is 0.358 e. The van der Waals surface area contributed by atoms with E-state index in [1.54, 1.807) is 0 Å². The second-order valence-corrected chi connectivity index (χ2v) is 5.10. The minimum absolute atomic E-state index is 0.0471. The summed E-state index contributed by atoms with van der Waals surface area (Å²) in [7, 11) is 0. The Balaban J connectivity index is 2.01. The lowest BCUT2D eigenvalue weighted by Crippen LogP contribution is -2.28. The Labute approximate surface area is 116 Å². The van der Waals surface area contributed by atoms with Crippen LogP contribution in [-0.4, -0.2) is 32.7 Å². The van der Waals surface area contributed by atoms with Crippen molar-refractivity contribution in [3.05, 3.63) is 39.2 Å². The van der Waals surface area contributed by atoms with E-state index in [0.29, 0.717) is 0 Å². The number of anilines is 1. The number of aromatic nitrogens is 3. The summed E-state index contributed by atoms with van der Waals surface area (Å²) >= 11 is 2.31. The van der Waals surface area contributed by atoms with Gasteiger partial charge in [-0.25, -0.2) is 4.79 Å². The second kappa shape index (κ2) is 4.23. The topological polar surface area (TPSA) is 71.2 Å². The zero-order valence-corrected chi connectivity index (χ0v) is 11.4. The van der Waals surface area contributed by atoms with Gasteiger partial charge in [0.1, 0.15) is 0 Å². The minimum Gasteiger partial charge on any atom is -0.476 e. The average molecular weight is 356 g/mol. The number of halogens is 1. The van der Waals surface area contributed by atoms with E-state index in [2.05, 4.69) is 39.0 Å². The number of carboxylic acids is 1. The number of nitrogens with zero attached hydrogens (tertiary/aromatic N) is 4. The zero-order chi connectivity index (χ0) is 12.7. The molecule has 0 bridgehead atoms. The van der Waals surface area contributed by atoms with Crippen molar-refractivity contribution in [2.24, 2.45) is 0 Å². The van der Waals surface area contributed by atoms with Crippen LogP contribution in [0.4, 0.5) is 5.69 Å². The maximum absolute atomic E-state index is 10.8. The molecule has 1 aliphatic rings. The molecular formula is C11H9IN4O2. The standard InChI is InChI=1S/C11H9IN4O2/c12-8-2-1-3-10-7(8)4-5-15(10)16-6-9(11(17)18)13-14-16/h1-3,6H,4-5H2,(H,17,18). The molecule has 6 nitrogen and oxygen atoms in total. The van der Waals surface area contributed by atoms with Gasteiger partial charge in [-0.15, -0.1) is 5.10 Å². The fourth-order valence-corrected chi connectivity index (χ4v) is 2.81. The Hall–Kier alpha value is -1.64. The van der Waals surface area contributed by atoms with Crippen LogP contribution in [0, 0.1) is 3.57 Å². The molecule has 1 N–H and O–H groups in total. The molecule has 0 radical (unpaired) electrons. The van der Waals surface area contributed by atoms with Crippen LogP contribution in [0.25, 0.3) is 0 Å². The van der Waals surface area contributed by atoms with Gasteiger partial charge < -0.3 is 5.11 Å². The second-order valence-electron chi connectivity index (χ2n) is 3.94. The van der Waals surface area contributed by atoms with E-state index in [-0.39, 0.29) is 5.69 Å². The lowest BCUT2D eigenvalue weighted by Gasteiger charge is -2.17. The molecule has 7 heteroatoms. The van der Waals surface area contributed by atoms with Gasteiger partial charge in [0.25, 0.3) is 0 Å². The fourth-order valence-electron chi connectivity index (χ4n) is 2.06. The number of hydrogen-bond donors (Lipinski definition) is 1. The first-order valence-electron chi connectivity index (χ1n) is 5.37. The van der Waals surface area contributed by atoms with E-state index in [9.17, 15) is 4.79 Å². The van der Waals surface area contributed by atoms with Crippen LogP contribution in [-0.2, 0) is 6.42 Å². The highest BCUT2D eigenvalue weighted by molar-refractivity contribution is 14.1. The molecule has 0 aliphatic carbocycles. The lowest BCUT2D eigenvalue weighted by atomic mass is 10.2. The van der Waals surface area contributed by atoms with Gasteiger partial charge in [0.15, 0.2) is 5.69 Å². The van der Waals surface area contributed by atoms with Crippen molar-refractivity contribution in [1.82, 2.24) is 15.1 Å². The first-order valence-corrected chi connectivity index (χ1v) is 6.45. The van der Waals surface area contributed by atoms with Crippen molar-refractivity contribution < 1.29 is 9.90 Å². The molecule has 0 saturated heterocycles. The van der Waals surface area contributed by atoms with E-state index < -0.39 is 5.97 Å². The quantitative estimate of drug-likeness (QED) is 0.824. The molecule has 1 aliphatic heterocycles. The molecule has 1 aromatic carbocycles. The zero-order valence-electron chi connectivity index (χ0n) is 9.25. The van der Waals surface area contributed by atoms with Gasteiger partial charge in [-0.2, -0.15) is 4.79 Å². The summed E-state index contributed by atoms with van der Waals surface area (Å²) < 4.78 is 1.21. The summed E-state index contributed by atoms with van der Waals surface area (Å²) in [5, 5.41) is 18.3. The fraction of sp³-hybridized carbons (Fsp3) is 0.182. The van der Waals surface area contributed by atoms with Crippen LogP contribution in [0.5, 0.6) is 0 Å². The van der Waals surface area contributed by atoms with Crippen molar-refractivity contribution in [3.8, 4) is 0 Å². The normalized spacial score (nSPS) is 13.7. The molecule has 0 fully saturated rings. The Morgan fingerprint density at radius 2 is 2.28 bits per heavy atom. The molecule has 18 heavy (non-hydrogen) atoms. The molecule has 2 heterocycles. The SMILES string of the molecule is O=C(O)c1cn(N2CCc3c(I)cccc32)nn1. The van der Waals surface area contributed by atoms with E-state index in [0.717, 1.165) is 18.7 Å². The predicted molar refractivity (Wildman–Crippen MR) is 72.6 cm³/mol. The molecule has 1 aromatic heterocycles. The van der Waals surface area contributed by atoms with Gasteiger partial charge in [-0.1, -0.05) is 6.07 Å². The van der Waals surface area contributed by atoms with E-state index in [4.69, 9.17) is 5.11 Å². The van der Waals surface area contributed by atoms with Gasteiger partial charge >= 0.3 is 5.97 Å². The number of aromatic carboxylic acids is 1. The third kappa shape index (κ3) is 1.74. The van der Waals surface area contributed by atoms with Crippen LogP contribution >= 0.6 is 22.6 Å². The predicted octanol–water partition coefficient (Wildman–Crippen LogP) is 1.41. The van der Waals surface area contributed by atoms with Gasteiger partial charge in [-0.05, 0) is 51.9 Å². The minimum atomic E-state index is -1.07. The number of rotatable bonds is 2. The number of fused-ring (bicyclic) bond motifs is 1. The van der Waals surface area contributed by atoms with Crippen molar-refractivity contribution in [3.63, 3.8) is 0 Å². The van der Waals surface area contributed by atoms with Gasteiger partial charge in [0, 0.05) is 10.1 Å². The van der Waals surface area contributed by atoms with Crippen molar-refractivity contribution in [2.75, 3.05) is 11.6 Å². The van der Waals surface area contributed by atoms with Gasteiger partial charge in [0.2, 0.25) is 0 Å². The molecule has 0 atom stereocenters. The van der Waals surface area contributed by atoms with Crippen LogP contribution in [0.3, 0.4) is 0 Å². The number of carbonyl (C=O) groups is 1.